The highest BCUT2D eigenvalue weighted by atomic mass is 16.6. The summed E-state index contributed by atoms with van der Waals surface area (Å²) in [7, 11) is 4.74. The van der Waals surface area contributed by atoms with Gasteiger partial charge in [0.05, 0.1) is 21.3 Å². The Morgan fingerprint density at radius 1 is 0.962 bits per heavy atom. The lowest BCUT2D eigenvalue weighted by Gasteiger charge is -2.37. The van der Waals surface area contributed by atoms with Crippen molar-refractivity contribution in [1.82, 2.24) is 0 Å². The van der Waals surface area contributed by atoms with E-state index in [1.807, 2.05) is 37.3 Å². The van der Waals surface area contributed by atoms with Gasteiger partial charge in [-0.15, -0.1) is 0 Å². The maximum Gasteiger partial charge on any atom is 0.203 e. The van der Waals surface area contributed by atoms with Crippen LogP contribution in [0.4, 0.5) is 0 Å². The minimum atomic E-state index is -0.867. The molecule has 0 saturated carbocycles. The first kappa shape index (κ1) is 18.4. The molecule has 0 radical (unpaired) electrons. The fraction of sp³-hybridized carbons (Fsp3) is 0.400. The second kappa shape index (κ2) is 7.85. The highest BCUT2D eigenvalue weighted by Crippen LogP contribution is 2.50. The summed E-state index contributed by atoms with van der Waals surface area (Å²) in [5.41, 5.74) is 1.56. The van der Waals surface area contributed by atoms with E-state index < -0.39 is 18.3 Å². The second-order valence-corrected chi connectivity index (χ2v) is 5.90. The zero-order valence-electron chi connectivity index (χ0n) is 15.4. The Labute approximate surface area is 153 Å². The molecule has 3 unspecified atom stereocenters. The molecule has 6 nitrogen and oxygen atoms in total. The van der Waals surface area contributed by atoms with Gasteiger partial charge in [-0.1, -0.05) is 12.1 Å². The van der Waals surface area contributed by atoms with Gasteiger partial charge in [0.25, 0.3) is 0 Å². The van der Waals surface area contributed by atoms with Crippen molar-refractivity contribution in [2.24, 2.45) is 0 Å². The Kier molecular flexibility index (Phi) is 5.54. The monoisotopic (exact) mass is 360 g/mol. The summed E-state index contributed by atoms with van der Waals surface area (Å²) in [4.78, 5) is 0. The molecular weight excluding hydrogens is 336 g/mol. The molecule has 3 atom stereocenters. The molecule has 6 heteroatoms. The van der Waals surface area contributed by atoms with E-state index in [1.54, 1.807) is 27.4 Å². The largest absolute Gasteiger partial charge is 0.497 e. The molecule has 26 heavy (non-hydrogen) atoms. The Morgan fingerprint density at radius 2 is 1.69 bits per heavy atom. The van der Waals surface area contributed by atoms with E-state index in [1.165, 1.54) is 0 Å². The third-order valence-corrected chi connectivity index (χ3v) is 4.49. The van der Waals surface area contributed by atoms with Gasteiger partial charge in [-0.2, -0.15) is 0 Å². The molecule has 1 aliphatic rings. The number of fused-ring (bicyclic) bond motifs is 1. The van der Waals surface area contributed by atoms with Gasteiger partial charge in [-0.25, -0.2) is 0 Å². The van der Waals surface area contributed by atoms with Gasteiger partial charge in [0, 0.05) is 12.2 Å². The lowest BCUT2D eigenvalue weighted by Crippen LogP contribution is -2.36. The second-order valence-electron chi connectivity index (χ2n) is 5.90. The van der Waals surface area contributed by atoms with Crippen LogP contribution < -0.4 is 18.9 Å². The molecule has 0 saturated heterocycles. The Balaban J connectivity index is 2.07. The zero-order chi connectivity index (χ0) is 18.7. The Morgan fingerprint density at radius 3 is 2.27 bits per heavy atom. The van der Waals surface area contributed by atoms with Crippen molar-refractivity contribution in [1.29, 1.82) is 0 Å². The fourth-order valence-electron chi connectivity index (χ4n) is 3.23. The molecule has 1 aliphatic heterocycles. The summed E-state index contributed by atoms with van der Waals surface area (Å²) < 4.78 is 28.1. The van der Waals surface area contributed by atoms with Crippen LogP contribution in [0.1, 0.15) is 30.3 Å². The topological polar surface area (TPSA) is 66.4 Å². The normalized spacial score (nSPS) is 21.5. The maximum absolute atomic E-state index is 10.9. The predicted octanol–water partition coefficient (Wildman–Crippen LogP) is 3.28. The molecule has 140 valence electrons. The first-order valence-electron chi connectivity index (χ1n) is 8.49. The van der Waals surface area contributed by atoms with Crippen LogP contribution in [0.2, 0.25) is 0 Å². The van der Waals surface area contributed by atoms with Crippen LogP contribution in [-0.4, -0.2) is 39.1 Å². The molecule has 0 aromatic heterocycles. The number of hydrogen-bond donors (Lipinski definition) is 1. The van der Waals surface area contributed by atoms with Crippen LogP contribution in [0.5, 0.6) is 23.0 Å². The van der Waals surface area contributed by atoms with Gasteiger partial charge in [-0.3, -0.25) is 0 Å². The van der Waals surface area contributed by atoms with Crippen molar-refractivity contribution in [2.75, 3.05) is 27.9 Å². The number of methoxy groups -OCH3 is 3. The van der Waals surface area contributed by atoms with E-state index in [4.69, 9.17) is 23.7 Å². The Hall–Kier alpha value is -2.44. The predicted molar refractivity (Wildman–Crippen MR) is 96.3 cm³/mol. The maximum atomic E-state index is 10.9. The molecule has 3 rings (SSSR count). The van der Waals surface area contributed by atoms with Crippen LogP contribution in [0.3, 0.4) is 0 Å². The minimum Gasteiger partial charge on any atom is -0.497 e. The van der Waals surface area contributed by atoms with Gasteiger partial charge in [-0.05, 0) is 36.8 Å². The number of aliphatic hydroxyl groups is 1. The van der Waals surface area contributed by atoms with Crippen molar-refractivity contribution in [3.05, 3.63) is 47.5 Å². The summed E-state index contributed by atoms with van der Waals surface area (Å²) in [5, 5.41) is 10.9. The van der Waals surface area contributed by atoms with E-state index in [2.05, 4.69) is 0 Å². The summed E-state index contributed by atoms with van der Waals surface area (Å²) in [6.45, 7) is 2.36. The van der Waals surface area contributed by atoms with Gasteiger partial charge in [0.1, 0.15) is 18.0 Å². The smallest absolute Gasteiger partial charge is 0.203 e. The molecule has 1 heterocycles. The molecule has 0 bridgehead atoms. The molecule has 2 aromatic carbocycles. The highest BCUT2D eigenvalue weighted by Gasteiger charge is 2.41. The zero-order valence-corrected chi connectivity index (χ0v) is 15.4. The first-order valence-corrected chi connectivity index (χ1v) is 8.49. The average molecular weight is 360 g/mol. The van der Waals surface area contributed by atoms with Crippen LogP contribution in [0.25, 0.3) is 0 Å². The SMILES string of the molecule is CCOC1c2ccc(OC)c(OC)c2OC(c2ccc(OC)cc2)C1O. The number of ether oxygens (including phenoxy) is 5. The fourth-order valence-corrected chi connectivity index (χ4v) is 3.23. The summed E-state index contributed by atoms with van der Waals surface area (Å²) in [6, 6.07) is 11.0. The number of aliphatic hydroxyl groups excluding tert-OH is 1. The molecule has 1 N–H and O–H groups in total. The standard InChI is InChI=1S/C20H24O6/c1-5-25-18-14-10-11-15(23-3)20(24-4)19(14)26-17(16(18)21)12-6-8-13(22-2)9-7-12/h6-11,16-18,21H,5H2,1-4H3. The number of benzene rings is 2. The van der Waals surface area contributed by atoms with E-state index >= 15 is 0 Å². The summed E-state index contributed by atoms with van der Waals surface area (Å²) >= 11 is 0. The molecule has 0 spiro atoms. The molecular formula is C20H24O6. The lowest BCUT2D eigenvalue weighted by molar-refractivity contribution is -0.0998. The van der Waals surface area contributed by atoms with Crippen LogP contribution >= 0.6 is 0 Å². The molecule has 0 amide bonds. The van der Waals surface area contributed by atoms with Gasteiger partial charge in [0.15, 0.2) is 17.6 Å². The van der Waals surface area contributed by atoms with Crippen molar-refractivity contribution in [2.45, 2.75) is 25.2 Å². The molecule has 0 fully saturated rings. The molecule has 2 aromatic rings. The Bertz CT molecular complexity index is 743. The molecule has 0 aliphatic carbocycles. The quantitative estimate of drug-likeness (QED) is 0.853. The van der Waals surface area contributed by atoms with E-state index in [9.17, 15) is 5.11 Å². The number of hydrogen-bond acceptors (Lipinski definition) is 6. The van der Waals surface area contributed by atoms with Crippen molar-refractivity contribution < 1.29 is 28.8 Å². The average Bonchev–Trinajstić information content (AvgIpc) is 2.69. The highest BCUT2D eigenvalue weighted by molar-refractivity contribution is 5.58. The van der Waals surface area contributed by atoms with Crippen LogP contribution in [-0.2, 0) is 4.74 Å². The summed E-state index contributed by atoms with van der Waals surface area (Å²) in [5.74, 6) is 2.31. The number of rotatable bonds is 6. The third-order valence-electron chi connectivity index (χ3n) is 4.49. The van der Waals surface area contributed by atoms with E-state index in [0.29, 0.717) is 23.9 Å². The van der Waals surface area contributed by atoms with Crippen molar-refractivity contribution in [3.8, 4) is 23.0 Å². The van der Waals surface area contributed by atoms with Gasteiger partial charge in [0.2, 0.25) is 5.75 Å². The van der Waals surface area contributed by atoms with Crippen LogP contribution in [0.15, 0.2) is 36.4 Å². The van der Waals surface area contributed by atoms with E-state index in [0.717, 1.165) is 16.9 Å². The third kappa shape index (κ3) is 3.18. The summed E-state index contributed by atoms with van der Waals surface area (Å²) in [6.07, 6.45) is -2.00. The first-order chi connectivity index (χ1) is 12.6. The van der Waals surface area contributed by atoms with Gasteiger partial charge < -0.3 is 28.8 Å². The van der Waals surface area contributed by atoms with Crippen molar-refractivity contribution >= 4 is 0 Å². The van der Waals surface area contributed by atoms with Gasteiger partial charge >= 0.3 is 0 Å². The lowest BCUT2D eigenvalue weighted by atomic mass is 9.91. The van der Waals surface area contributed by atoms with Crippen LogP contribution in [0, 0.1) is 0 Å². The van der Waals surface area contributed by atoms with E-state index in [-0.39, 0.29) is 0 Å². The van der Waals surface area contributed by atoms with Crippen molar-refractivity contribution in [3.63, 3.8) is 0 Å². The minimum absolute atomic E-state index is 0.463.